The van der Waals surface area contributed by atoms with E-state index in [-0.39, 0.29) is 5.91 Å². The van der Waals surface area contributed by atoms with E-state index < -0.39 is 0 Å². The third-order valence-corrected chi connectivity index (χ3v) is 2.63. The molecule has 1 N–H and O–H groups in total. The van der Waals surface area contributed by atoms with Crippen molar-refractivity contribution in [2.45, 2.75) is 6.92 Å². The van der Waals surface area contributed by atoms with Gasteiger partial charge in [-0.05, 0) is 19.1 Å². The van der Waals surface area contributed by atoms with Crippen molar-refractivity contribution in [3.8, 4) is 5.75 Å². The Bertz CT molecular complexity index is 390. The minimum absolute atomic E-state index is 0.0998. The van der Waals surface area contributed by atoms with Crippen LogP contribution in [0.5, 0.6) is 5.75 Å². The van der Waals surface area contributed by atoms with Crippen LogP contribution in [0.25, 0.3) is 0 Å². The molecule has 0 unspecified atom stereocenters. The first-order chi connectivity index (χ1) is 6.70. The molecule has 14 heavy (non-hydrogen) atoms. The summed E-state index contributed by atoms with van der Waals surface area (Å²) in [7, 11) is 0. The van der Waals surface area contributed by atoms with Crippen molar-refractivity contribution in [1.82, 2.24) is 5.32 Å². The maximum Gasteiger partial charge on any atom is 0.255 e. The van der Waals surface area contributed by atoms with Crippen LogP contribution >= 0.6 is 11.6 Å². The van der Waals surface area contributed by atoms with Gasteiger partial charge in [-0.3, -0.25) is 4.79 Å². The fraction of sp³-hybridized carbons (Fsp3) is 0.300. The SMILES string of the molecule is Cc1c(Cl)ccc2c1OCCNC2=O. The molecular weight excluding hydrogens is 202 g/mol. The van der Waals surface area contributed by atoms with E-state index in [1.807, 2.05) is 6.92 Å². The number of benzene rings is 1. The van der Waals surface area contributed by atoms with Gasteiger partial charge in [-0.15, -0.1) is 0 Å². The Kier molecular flexibility index (Phi) is 2.33. The minimum Gasteiger partial charge on any atom is -0.491 e. The van der Waals surface area contributed by atoms with Crippen LogP contribution in [0.1, 0.15) is 15.9 Å². The van der Waals surface area contributed by atoms with Crippen molar-refractivity contribution in [3.05, 3.63) is 28.3 Å². The number of carbonyl (C=O) groups excluding carboxylic acids is 1. The van der Waals surface area contributed by atoms with Crippen molar-refractivity contribution in [2.75, 3.05) is 13.2 Å². The average Bonchev–Trinajstić information content (AvgIpc) is 2.35. The molecule has 0 aromatic heterocycles. The number of carbonyl (C=O) groups is 1. The van der Waals surface area contributed by atoms with Crippen LogP contribution < -0.4 is 10.1 Å². The number of hydrogen-bond acceptors (Lipinski definition) is 2. The fourth-order valence-corrected chi connectivity index (χ4v) is 1.59. The van der Waals surface area contributed by atoms with Gasteiger partial charge in [-0.2, -0.15) is 0 Å². The maximum absolute atomic E-state index is 11.5. The molecule has 0 atom stereocenters. The Labute approximate surface area is 87.0 Å². The second-order valence-electron chi connectivity index (χ2n) is 3.15. The molecule has 2 rings (SSSR count). The quantitative estimate of drug-likeness (QED) is 0.710. The van der Waals surface area contributed by atoms with Crippen LogP contribution in [-0.2, 0) is 0 Å². The average molecular weight is 212 g/mol. The van der Waals surface area contributed by atoms with Gasteiger partial charge in [-0.25, -0.2) is 0 Å². The van der Waals surface area contributed by atoms with Crippen molar-refractivity contribution in [2.24, 2.45) is 0 Å². The van der Waals surface area contributed by atoms with Gasteiger partial charge >= 0.3 is 0 Å². The minimum atomic E-state index is -0.0998. The van der Waals surface area contributed by atoms with Crippen molar-refractivity contribution < 1.29 is 9.53 Å². The van der Waals surface area contributed by atoms with Crippen LogP contribution in [-0.4, -0.2) is 19.1 Å². The molecule has 1 aliphatic heterocycles. The molecule has 1 amide bonds. The highest BCUT2D eigenvalue weighted by Crippen LogP contribution is 2.30. The Hall–Kier alpha value is -1.22. The molecule has 3 nitrogen and oxygen atoms in total. The summed E-state index contributed by atoms with van der Waals surface area (Å²) in [5.74, 6) is 0.504. The number of hydrogen-bond donors (Lipinski definition) is 1. The smallest absolute Gasteiger partial charge is 0.255 e. The van der Waals surface area contributed by atoms with E-state index in [0.29, 0.717) is 29.5 Å². The van der Waals surface area contributed by atoms with Gasteiger partial charge in [0.05, 0.1) is 12.1 Å². The Morgan fingerprint density at radius 3 is 3.07 bits per heavy atom. The molecule has 74 valence electrons. The number of ether oxygens (including phenoxy) is 1. The van der Waals surface area contributed by atoms with E-state index >= 15 is 0 Å². The molecule has 0 saturated heterocycles. The monoisotopic (exact) mass is 211 g/mol. The molecule has 0 spiro atoms. The van der Waals surface area contributed by atoms with Gasteiger partial charge in [0, 0.05) is 10.6 Å². The molecule has 0 fully saturated rings. The Morgan fingerprint density at radius 1 is 1.50 bits per heavy atom. The highest BCUT2D eigenvalue weighted by atomic mass is 35.5. The lowest BCUT2D eigenvalue weighted by Gasteiger charge is -2.09. The summed E-state index contributed by atoms with van der Waals surface area (Å²) in [6, 6.07) is 3.40. The maximum atomic E-state index is 11.5. The van der Waals surface area contributed by atoms with Crippen molar-refractivity contribution >= 4 is 17.5 Å². The molecule has 1 heterocycles. The largest absolute Gasteiger partial charge is 0.491 e. The molecular formula is C10H10ClNO2. The van der Waals surface area contributed by atoms with E-state index in [1.54, 1.807) is 12.1 Å². The highest BCUT2D eigenvalue weighted by molar-refractivity contribution is 6.31. The van der Waals surface area contributed by atoms with Gasteiger partial charge in [0.2, 0.25) is 0 Å². The summed E-state index contributed by atoms with van der Waals surface area (Å²) in [5, 5.41) is 3.36. The summed E-state index contributed by atoms with van der Waals surface area (Å²) in [6.07, 6.45) is 0. The number of fused-ring (bicyclic) bond motifs is 1. The van der Waals surface area contributed by atoms with E-state index in [9.17, 15) is 4.79 Å². The number of rotatable bonds is 0. The van der Waals surface area contributed by atoms with Crippen LogP contribution in [0.3, 0.4) is 0 Å². The predicted molar refractivity (Wildman–Crippen MR) is 54.0 cm³/mol. The third kappa shape index (κ3) is 1.44. The Balaban J connectivity index is 2.58. The molecule has 0 aliphatic carbocycles. The fourth-order valence-electron chi connectivity index (χ4n) is 1.45. The van der Waals surface area contributed by atoms with Gasteiger partial charge in [0.1, 0.15) is 12.4 Å². The van der Waals surface area contributed by atoms with Gasteiger partial charge < -0.3 is 10.1 Å². The normalized spacial score (nSPS) is 15.1. The van der Waals surface area contributed by atoms with E-state index in [4.69, 9.17) is 16.3 Å². The molecule has 0 saturated carbocycles. The van der Waals surface area contributed by atoms with E-state index in [0.717, 1.165) is 5.56 Å². The lowest BCUT2D eigenvalue weighted by molar-refractivity contribution is 0.0957. The van der Waals surface area contributed by atoms with Crippen molar-refractivity contribution in [1.29, 1.82) is 0 Å². The zero-order valence-corrected chi connectivity index (χ0v) is 8.52. The van der Waals surface area contributed by atoms with Crippen LogP contribution in [0, 0.1) is 6.92 Å². The molecule has 1 aromatic carbocycles. The molecule has 1 aromatic rings. The number of amides is 1. The number of halogens is 1. The first kappa shape index (κ1) is 9.34. The van der Waals surface area contributed by atoms with Gasteiger partial charge in [-0.1, -0.05) is 11.6 Å². The molecule has 0 bridgehead atoms. The third-order valence-electron chi connectivity index (χ3n) is 2.22. The van der Waals surface area contributed by atoms with Crippen molar-refractivity contribution in [3.63, 3.8) is 0 Å². The lowest BCUT2D eigenvalue weighted by Crippen LogP contribution is -2.24. The van der Waals surface area contributed by atoms with Gasteiger partial charge in [0.15, 0.2) is 0 Å². The van der Waals surface area contributed by atoms with Crippen LogP contribution in [0.4, 0.5) is 0 Å². The Morgan fingerprint density at radius 2 is 2.29 bits per heavy atom. The second kappa shape index (κ2) is 3.50. The summed E-state index contributed by atoms with van der Waals surface area (Å²) in [5.41, 5.74) is 1.38. The summed E-state index contributed by atoms with van der Waals surface area (Å²) in [6.45, 7) is 2.87. The molecule has 1 aliphatic rings. The van der Waals surface area contributed by atoms with Gasteiger partial charge in [0.25, 0.3) is 5.91 Å². The zero-order chi connectivity index (χ0) is 10.1. The topological polar surface area (TPSA) is 38.3 Å². The standard InChI is InChI=1S/C10H10ClNO2/c1-6-8(11)3-2-7-9(6)14-5-4-12-10(7)13/h2-3H,4-5H2,1H3,(H,12,13). The zero-order valence-electron chi connectivity index (χ0n) is 7.76. The molecule has 0 radical (unpaired) electrons. The van der Waals surface area contributed by atoms with E-state index in [2.05, 4.69) is 5.32 Å². The lowest BCUT2D eigenvalue weighted by atomic mass is 10.1. The van der Waals surface area contributed by atoms with Crippen LogP contribution in [0.15, 0.2) is 12.1 Å². The first-order valence-electron chi connectivity index (χ1n) is 4.40. The molecule has 4 heteroatoms. The predicted octanol–water partition coefficient (Wildman–Crippen LogP) is 1.77. The summed E-state index contributed by atoms with van der Waals surface area (Å²) < 4.78 is 5.46. The highest BCUT2D eigenvalue weighted by Gasteiger charge is 2.18. The summed E-state index contributed by atoms with van der Waals surface area (Å²) in [4.78, 5) is 11.5. The first-order valence-corrected chi connectivity index (χ1v) is 4.78. The van der Waals surface area contributed by atoms with E-state index in [1.165, 1.54) is 0 Å². The van der Waals surface area contributed by atoms with Crippen LogP contribution in [0.2, 0.25) is 5.02 Å². The number of nitrogens with one attached hydrogen (secondary N) is 1. The summed E-state index contributed by atoms with van der Waals surface area (Å²) >= 11 is 5.93. The second-order valence-corrected chi connectivity index (χ2v) is 3.56.